The summed E-state index contributed by atoms with van der Waals surface area (Å²) in [6, 6.07) is 0.680. The molecule has 1 aliphatic carbocycles. The van der Waals surface area contributed by atoms with E-state index in [2.05, 4.69) is 15.6 Å². The first-order valence-corrected chi connectivity index (χ1v) is 8.24. The molecule has 0 radical (unpaired) electrons. The highest BCUT2D eigenvalue weighted by molar-refractivity contribution is 5.82. The molecule has 3 rings (SSSR count). The topological polar surface area (TPSA) is 59.0 Å². The molecule has 21 heavy (non-hydrogen) atoms. The second-order valence-electron chi connectivity index (χ2n) is 6.62. The number of nitrogens with zero attached hydrogens (tertiary/aromatic N) is 2. The fourth-order valence-corrected chi connectivity index (χ4v) is 3.80. The van der Waals surface area contributed by atoms with Crippen molar-refractivity contribution >= 4 is 5.91 Å². The van der Waals surface area contributed by atoms with Crippen LogP contribution in [0.4, 0.5) is 0 Å². The minimum absolute atomic E-state index is 0.00501. The zero-order chi connectivity index (χ0) is 14.7. The molecule has 5 nitrogen and oxygen atoms in total. The first-order valence-electron chi connectivity index (χ1n) is 8.24. The van der Waals surface area contributed by atoms with Crippen molar-refractivity contribution in [2.24, 2.45) is 5.92 Å². The summed E-state index contributed by atoms with van der Waals surface area (Å²) >= 11 is 0. The number of amides is 1. The molecule has 116 valence electrons. The molecular formula is C16H26N4O. The van der Waals surface area contributed by atoms with Crippen molar-refractivity contribution in [3.8, 4) is 0 Å². The van der Waals surface area contributed by atoms with E-state index >= 15 is 0 Å². The van der Waals surface area contributed by atoms with Crippen molar-refractivity contribution in [2.45, 2.75) is 70.1 Å². The predicted molar refractivity (Wildman–Crippen MR) is 81.7 cm³/mol. The molecule has 2 aliphatic rings. The van der Waals surface area contributed by atoms with Crippen molar-refractivity contribution < 1.29 is 4.79 Å². The molecule has 0 aromatic carbocycles. The van der Waals surface area contributed by atoms with Crippen molar-refractivity contribution in [3.63, 3.8) is 0 Å². The number of hydrogen-bond acceptors (Lipinski definition) is 3. The molecule has 1 aliphatic heterocycles. The molecule has 5 heteroatoms. The van der Waals surface area contributed by atoms with Crippen LogP contribution in [0.25, 0.3) is 0 Å². The van der Waals surface area contributed by atoms with Crippen LogP contribution in [0, 0.1) is 5.92 Å². The highest BCUT2D eigenvalue weighted by Gasteiger charge is 2.34. The van der Waals surface area contributed by atoms with Gasteiger partial charge >= 0.3 is 0 Å². The number of fused-ring (bicyclic) bond motifs is 1. The Morgan fingerprint density at radius 3 is 3.05 bits per heavy atom. The first-order chi connectivity index (χ1) is 10.2. The molecule has 2 heterocycles. The third kappa shape index (κ3) is 3.64. The van der Waals surface area contributed by atoms with Crippen molar-refractivity contribution in [1.29, 1.82) is 0 Å². The standard InChI is InChI=1S/C16H26N4O/c1-12(10-20-9-8-17-11-20)18-16(21)15-7-6-13-4-2-3-5-14(13)19-15/h8-9,11-15,19H,2-7,10H2,1H3,(H,18,21). The summed E-state index contributed by atoms with van der Waals surface area (Å²) in [6.45, 7) is 2.81. The number of rotatable bonds is 4. The van der Waals surface area contributed by atoms with Gasteiger partial charge in [0.2, 0.25) is 5.91 Å². The first kappa shape index (κ1) is 14.6. The zero-order valence-corrected chi connectivity index (χ0v) is 12.8. The largest absolute Gasteiger partial charge is 0.350 e. The summed E-state index contributed by atoms with van der Waals surface area (Å²) in [6.07, 6.45) is 12.9. The number of piperidine rings is 1. The average molecular weight is 290 g/mol. The number of nitrogens with one attached hydrogen (secondary N) is 2. The SMILES string of the molecule is CC(Cn1ccnc1)NC(=O)C1CCC2CCCCC2N1. The van der Waals surface area contributed by atoms with Gasteiger partial charge < -0.3 is 15.2 Å². The third-order valence-corrected chi connectivity index (χ3v) is 4.90. The lowest BCUT2D eigenvalue weighted by molar-refractivity contribution is -0.125. The van der Waals surface area contributed by atoms with Gasteiger partial charge in [0, 0.05) is 31.0 Å². The third-order valence-electron chi connectivity index (χ3n) is 4.90. The van der Waals surface area contributed by atoms with Gasteiger partial charge in [-0.05, 0) is 38.5 Å². The lowest BCUT2D eigenvalue weighted by Crippen LogP contribution is -2.56. The van der Waals surface area contributed by atoms with Crippen LogP contribution in [0.5, 0.6) is 0 Å². The molecule has 2 fully saturated rings. The Bertz CT molecular complexity index is 459. The van der Waals surface area contributed by atoms with E-state index in [1.165, 1.54) is 32.1 Å². The number of carbonyl (C=O) groups is 1. The van der Waals surface area contributed by atoms with E-state index in [1.54, 1.807) is 12.5 Å². The normalized spacial score (nSPS) is 30.4. The van der Waals surface area contributed by atoms with Crippen molar-refractivity contribution in [2.75, 3.05) is 0 Å². The molecule has 1 saturated heterocycles. The fourth-order valence-electron chi connectivity index (χ4n) is 3.80. The number of carbonyl (C=O) groups excluding carboxylic acids is 1. The average Bonchev–Trinajstić information content (AvgIpc) is 2.99. The molecule has 4 atom stereocenters. The summed E-state index contributed by atoms with van der Waals surface area (Å²) in [4.78, 5) is 16.4. The Morgan fingerprint density at radius 1 is 1.38 bits per heavy atom. The minimum atomic E-state index is -0.00501. The van der Waals surface area contributed by atoms with E-state index in [0.717, 1.165) is 18.9 Å². The summed E-state index contributed by atoms with van der Waals surface area (Å²) < 4.78 is 2.00. The van der Waals surface area contributed by atoms with E-state index in [-0.39, 0.29) is 18.0 Å². The fraction of sp³-hybridized carbons (Fsp3) is 0.750. The summed E-state index contributed by atoms with van der Waals surface area (Å²) in [7, 11) is 0. The Morgan fingerprint density at radius 2 is 2.24 bits per heavy atom. The Labute approximate surface area is 126 Å². The van der Waals surface area contributed by atoms with Crippen LogP contribution in [0.3, 0.4) is 0 Å². The molecule has 0 bridgehead atoms. The van der Waals surface area contributed by atoms with E-state index in [4.69, 9.17) is 0 Å². The van der Waals surface area contributed by atoms with Gasteiger partial charge in [0.05, 0.1) is 12.4 Å². The number of hydrogen-bond donors (Lipinski definition) is 2. The number of aromatic nitrogens is 2. The molecule has 1 saturated carbocycles. The second-order valence-corrected chi connectivity index (χ2v) is 6.62. The van der Waals surface area contributed by atoms with Gasteiger partial charge in [-0.1, -0.05) is 12.8 Å². The molecule has 1 aromatic heterocycles. The minimum Gasteiger partial charge on any atom is -0.350 e. The molecule has 2 N–H and O–H groups in total. The Hall–Kier alpha value is -1.36. The Kier molecular flexibility index (Phi) is 4.58. The molecule has 0 spiro atoms. The summed E-state index contributed by atoms with van der Waals surface area (Å²) in [5.41, 5.74) is 0. The van der Waals surface area contributed by atoms with E-state index < -0.39 is 0 Å². The number of imidazole rings is 1. The monoisotopic (exact) mass is 290 g/mol. The van der Waals surface area contributed by atoms with Gasteiger partial charge in [-0.3, -0.25) is 4.79 Å². The van der Waals surface area contributed by atoms with Crippen LogP contribution >= 0.6 is 0 Å². The van der Waals surface area contributed by atoms with Crippen LogP contribution in [-0.4, -0.2) is 33.6 Å². The maximum absolute atomic E-state index is 12.4. The molecule has 1 aromatic rings. The van der Waals surface area contributed by atoms with Crippen molar-refractivity contribution in [1.82, 2.24) is 20.2 Å². The van der Waals surface area contributed by atoms with Gasteiger partial charge in [-0.2, -0.15) is 0 Å². The van der Waals surface area contributed by atoms with Crippen molar-refractivity contribution in [3.05, 3.63) is 18.7 Å². The van der Waals surface area contributed by atoms with Crippen LogP contribution < -0.4 is 10.6 Å². The van der Waals surface area contributed by atoms with Crippen LogP contribution in [0.1, 0.15) is 45.4 Å². The highest BCUT2D eigenvalue weighted by atomic mass is 16.2. The van der Waals surface area contributed by atoms with Crippen LogP contribution in [0.2, 0.25) is 0 Å². The van der Waals surface area contributed by atoms with Gasteiger partial charge in [-0.15, -0.1) is 0 Å². The smallest absolute Gasteiger partial charge is 0.237 e. The van der Waals surface area contributed by atoms with E-state index in [9.17, 15) is 4.79 Å². The Balaban J connectivity index is 1.48. The maximum atomic E-state index is 12.4. The van der Waals surface area contributed by atoms with Crippen LogP contribution in [-0.2, 0) is 11.3 Å². The second kappa shape index (κ2) is 6.60. The quantitative estimate of drug-likeness (QED) is 0.887. The predicted octanol–water partition coefficient (Wildman–Crippen LogP) is 1.70. The van der Waals surface area contributed by atoms with Gasteiger partial charge in [0.15, 0.2) is 0 Å². The molecule has 1 amide bonds. The molecule has 4 unspecified atom stereocenters. The lowest BCUT2D eigenvalue weighted by Gasteiger charge is -2.40. The molecular weight excluding hydrogens is 264 g/mol. The lowest BCUT2D eigenvalue weighted by atomic mass is 9.77. The van der Waals surface area contributed by atoms with Gasteiger partial charge in [-0.25, -0.2) is 4.98 Å². The van der Waals surface area contributed by atoms with E-state index in [1.807, 2.05) is 17.7 Å². The highest BCUT2D eigenvalue weighted by Crippen LogP contribution is 2.32. The van der Waals surface area contributed by atoms with Gasteiger partial charge in [0.1, 0.15) is 0 Å². The van der Waals surface area contributed by atoms with E-state index in [0.29, 0.717) is 6.04 Å². The summed E-state index contributed by atoms with van der Waals surface area (Å²) in [5.74, 6) is 0.956. The van der Waals surface area contributed by atoms with Crippen LogP contribution in [0.15, 0.2) is 18.7 Å². The summed E-state index contributed by atoms with van der Waals surface area (Å²) in [5, 5.41) is 6.72. The maximum Gasteiger partial charge on any atom is 0.237 e. The van der Waals surface area contributed by atoms with Gasteiger partial charge in [0.25, 0.3) is 0 Å². The zero-order valence-electron chi connectivity index (χ0n) is 12.8.